The molecule has 1 aliphatic rings. The molecule has 5 rings (SSSR count). The minimum atomic E-state index is -1.27. The Hall–Kier alpha value is -3.65. The molecule has 0 aliphatic heterocycles. The fourth-order valence-corrected chi connectivity index (χ4v) is 4.30. The molecule has 1 fully saturated rings. The highest BCUT2D eigenvalue weighted by Gasteiger charge is 2.47. The van der Waals surface area contributed by atoms with Gasteiger partial charge in [-0.05, 0) is 54.8 Å². The normalized spacial score (nSPS) is 14.4. The van der Waals surface area contributed by atoms with Crippen molar-refractivity contribution >= 4 is 34.5 Å². The van der Waals surface area contributed by atoms with Gasteiger partial charge in [0.25, 0.3) is 5.91 Å². The van der Waals surface area contributed by atoms with Gasteiger partial charge in [0.15, 0.2) is 0 Å². The Kier molecular flexibility index (Phi) is 4.97. The molecule has 1 aliphatic carbocycles. The Labute approximate surface area is 191 Å². The van der Waals surface area contributed by atoms with Gasteiger partial charge in [-0.3, -0.25) is 14.2 Å². The van der Waals surface area contributed by atoms with Crippen molar-refractivity contribution in [2.75, 3.05) is 6.67 Å². The average molecular weight is 468 g/mol. The van der Waals surface area contributed by atoms with Crippen LogP contribution >= 0.6 is 11.6 Å². The summed E-state index contributed by atoms with van der Waals surface area (Å²) in [5, 5.41) is 13.6. The van der Waals surface area contributed by atoms with E-state index in [4.69, 9.17) is 16.7 Å². The summed E-state index contributed by atoms with van der Waals surface area (Å²) in [5.74, 6) is -2.66. The summed E-state index contributed by atoms with van der Waals surface area (Å²) >= 11 is 6.40. The van der Waals surface area contributed by atoms with E-state index < -0.39 is 29.8 Å². The highest BCUT2D eigenvalue weighted by molar-refractivity contribution is 6.34. The van der Waals surface area contributed by atoms with E-state index in [2.05, 4.69) is 10.1 Å². The van der Waals surface area contributed by atoms with Gasteiger partial charge in [-0.2, -0.15) is 9.78 Å². The fourth-order valence-electron chi connectivity index (χ4n) is 4.04. The molecule has 2 aromatic carbocycles. The van der Waals surface area contributed by atoms with Gasteiger partial charge in [0.05, 0.1) is 28.3 Å². The van der Waals surface area contributed by atoms with Gasteiger partial charge in [0.1, 0.15) is 17.0 Å². The van der Waals surface area contributed by atoms with Crippen molar-refractivity contribution in [1.29, 1.82) is 0 Å². The van der Waals surface area contributed by atoms with E-state index in [1.165, 1.54) is 18.3 Å². The highest BCUT2D eigenvalue weighted by atomic mass is 35.5. The number of aromatic carboxylic acids is 1. The maximum Gasteiger partial charge on any atom is 0.335 e. The smallest absolute Gasteiger partial charge is 0.335 e. The van der Waals surface area contributed by atoms with E-state index in [9.17, 15) is 18.4 Å². The molecule has 0 spiro atoms. The van der Waals surface area contributed by atoms with Crippen molar-refractivity contribution < 1.29 is 23.5 Å². The summed E-state index contributed by atoms with van der Waals surface area (Å²) in [6.07, 6.45) is 2.70. The number of alkyl halides is 1. The Bertz CT molecular complexity index is 1450. The van der Waals surface area contributed by atoms with Gasteiger partial charge in [-0.25, -0.2) is 9.18 Å². The zero-order chi connectivity index (χ0) is 23.3. The van der Waals surface area contributed by atoms with Crippen molar-refractivity contribution in [3.8, 4) is 11.3 Å². The second-order valence-electron chi connectivity index (χ2n) is 8.01. The minimum absolute atomic E-state index is 0.00273. The van der Waals surface area contributed by atoms with Crippen LogP contribution in [0.5, 0.6) is 0 Å². The predicted molar refractivity (Wildman–Crippen MR) is 118 cm³/mol. The summed E-state index contributed by atoms with van der Waals surface area (Å²) in [7, 11) is 0. The molecule has 2 heterocycles. The number of carboxylic acid groups (broad SMARTS) is 1. The van der Waals surface area contributed by atoms with Crippen LogP contribution < -0.4 is 0 Å². The first-order chi connectivity index (χ1) is 15.9. The molecule has 0 radical (unpaired) electrons. The number of hydrogen-bond acceptors (Lipinski definition) is 4. The summed E-state index contributed by atoms with van der Waals surface area (Å²) < 4.78 is 29.7. The molecule has 166 valence electrons. The van der Waals surface area contributed by atoms with Crippen LogP contribution in [0, 0.1) is 5.82 Å². The number of carboxylic acids is 1. The average Bonchev–Trinajstić information content (AvgIpc) is 3.52. The van der Waals surface area contributed by atoms with Crippen molar-refractivity contribution in [1.82, 2.24) is 14.8 Å². The highest BCUT2D eigenvalue weighted by Crippen LogP contribution is 2.50. The van der Waals surface area contributed by atoms with E-state index >= 15 is 0 Å². The Balaban J connectivity index is 1.70. The van der Waals surface area contributed by atoms with Gasteiger partial charge in [-0.15, -0.1) is 0 Å². The number of benzene rings is 2. The second kappa shape index (κ2) is 7.74. The van der Waals surface area contributed by atoms with E-state index in [1.54, 1.807) is 30.3 Å². The van der Waals surface area contributed by atoms with E-state index in [1.807, 2.05) is 0 Å². The summed E-state index contributed by atoms with van der Waals surface area (Å²) in [5.41, 5.74) is 0.364. The lowest BCUT2D eigenvalue weighted by Crippen LogP contribution is -2.21. The van der Waals surface area contributed by atoms with Gasteiger partial charge >= 0.3 is 5.97 Å². The Morgan fingerprint density at radius 2 is 1.94 bits per heavy atom. The number of halogens is 3. The molecule has 0 bridgehead atoms. The molecule has 2 aromatic heterocycles. The number of aromatic nitrogens is 3. The van der Waals surface area contributed by atoms with Crippen molar-refractivity contribution in [3.05, 3.63) is 82.3 Å². The molecule has 0 amide bonds. The number of pyridine rings is 1. The van der Waals surface area contributed by atoms with Crippen LogP contribution in [0.25, 0.3) is 22.3 Å². The van der Waals surface area contributed by atoms with E-state index in [0.29, 0.717) is 23.9 Å². The van der Waals surface area contributed by atoms with Crippen molar-refractivity contribution in [2.24, 2.45) is 0 Å². The SMILES string of the molecule is O=C(O)c1ccc(-c2nn(C(=O)c3c(Cl)cccc3C3(CF)CC3)c3cccnc23)c(F)c1. The monoisotopic (exact) mass is 467 g/mol. The number of carbonyl (C=O) groups is 2. The molecule has 6 nitrogen and oxygen atoms in total. The van der Waals surface area contributed by atoms with Crippen LogP contribution in [0.2, 0.25) is 5.02 Å². The number of hydrogen-bond donors (Lipinski definition) is 1. The third kappa shape index (κ3) is 3.38. The van der Waals surface area contributed by atoms with Gasteiger partial charge in [0, 0.05) is 17.2 Å². The van der Waals surface area contributed by atoms with Gasteiger partial charge < -0.3 is 5.11 Å². The van der Waals surface area contributed by atoms with Crippen molar-refractivity contribution in [2.45, 2.75) is 18.3 Å². The Morgan fingerprint density at radius 1 is 1.15 bits per heavy atom. The van der Waals surface area contributed by atoms with E-state index in [0.717, 1.165) is 10.7 Å². The van der Waals surface area contributed by atoms with Crippen LogP contribution in [-0.4, -0.2) is 38.4 Å². The molecule has 33 heavy (non-hydrogen) atoms. The standard InChI is InChI=1S/C24H16ClF2N3O3/c25-16-4-1-3-15(24(12-26)8-9-24)19(16)22(31)30-18-5-2-10-28-21(18)20(29-30)14-7-6-13(23(32)33)11-17(14)27/h1-7,10-11H,8-9,12H2,(H,32,33). The fraction of sp³-hybridized carbons (Fsp3) is 0.167. The second-order valence-corrected chi connectivity index (χ2v) is 8.42. The van der Waals surface area contributed by atoms with Crippen LogP contribution in [-0.2, 0) is 5.41 Å². The zero-order valence-electron chi connectivity index (χ0n) is 17.1. The topological polar surface area (TPSA) is 85.1 Å². The molecule has 0 saturated heterocycles. The van der Waals surface area contributed by atoms with Gasteiger partial charge in [-0.1, -0.05) is 23.7 Å². The maximum absolute atomic E-state index is 14.8. The van der Waals surface area contributed by atoms with Crippen LogP contribution in [0.1, 0.15) is 39.1 Å². The molecule has 4 aromatic rings. The van der Waals surface area contributed by atoms with Crippen molar-refractivity contribution in [3.63, 3.8) is 0 Å². The number of carbonyl (C=O) groups excluding carboxylic acids is 1. The lowest BCUT2D eigenvalue weighted by atomic mass is 9.92. The quantitative estimate of drug-likeness (QED) is 0.431. The minimum Gasteiger partial charge on any atom is -0.478 e. The largest absolute Gasteiger partial charge is 0.478 e. The Morgan fingerprint density at radius 3 is 2.61 bits per heavy atom. The number of rotatable bonds is 5. The molecule has 9 heteroatoms. The third-order valence-corrected chi connectivity index (χ3v) is 6.33. The molecule has 0 unspecified atom stereocenters. The van der Waals surface area contributed by atoms with Crippen LogP contribution in [0.3, 0.4) is 0 Å². The molecule has 0 atom stereocenters. The first-order valence-electron chi connectivity index (χ1n) is 10.1. The first-order valence-corrected chi connectivity index (χ1v) is 10.5. The number of fused-ring (bicyclic) bond motifs is 1. The lowest BCUT2D eigenvalue weighted by Gasteiger charge is -2.17. The first kappa shape index (κ1) is 21.2. The summed E-state index contributed by atoms with van der Waals surface area (Å²) in [6, 6.07) is 11.6. The summed E-state index contributed by atoms with van der Waals surface area (Å²) in [4.78, 5) is 29.1. The van der Waals surface area contributed by atoms with Crippen LogP contribution in [0.4, 0.5) is 8.78 Å². The molecule has 1 N–H and O–H groups in total. The molecular formula is C24H16ClF2N3O3. The third-order valence-electron chi connectivity index (χ3n) is 6.01. The maximum atomic E-state index is 14.8. The number of nitrogens with zero attached hydrogens (tertiary/aromatic N) is 3. The van der Waals surface area contributed by atoms with Crippen LogP contribution in [0.15, 0.2) is 54.7 Å². The predicted octanol–water partition coefficient (Wildman–Crippen LogP) is 5.28. The molecular weight excluding hydrogens is 452 g/mol. The van der Waals surface area contributed by atoms with Gasteiger partial charge in [0.2, 0.25) is 0 Å². The molecule has 1 saturated carbocycles. The zero-order valence-corrected chi connectivity index (χ0v) is 17.8. The lowest BCUT2D eigenvalue weighted by molar-refractivity contribution is 0.0696. The summed E-state index contributed by atoms with van der Waals surface area (Å²) in [6.45, 7) is -0.610. The van der Waals surface area contributed by atoms with E-state index in [-0.39, 0.29) is 32.9 Å².